The van der Waals surface area contributed by atoms with Gasteiger partial charge in [-0.15, -0.1) is 12.4 Å². The number of likely N-dealkylation sites (tertiary alicyclic amines) is 1. The predicted molar refractivity (Wildman–Crippen MR) is 101 cm³/mol. The molecule has 2 fully saturated rings. The summed E-state index contributed by atoms with van der Waals surface area (Å²) in [6.45, 7) is 5.30. The van der Waals surface area contributed by atoms with Gasteiger partial charge in [-0.3, -0.25) is 4.79 Å². The third-order valence-corrected chi connectivity index (χ3v) is 4.64. The average molecular weight is 367 g/mol. The molecular weight excluding hydrogens is 340 g/mol. The zero-order chi connectivity index (χ0) is 17.1. The number of nitrogens with zero attached hydrogens (tertiary/aromatic N) is 1. The number of hydrogen-bond acceptors (Lipinski definition) is 3. The van der Waals surface area contributed by atoms with Gasteiger partial charge in [0, 0.05) is 31.2 Å². The van der Waals surface area contributed by atoms with Gasteiger partial charge >= 0.3 is 6.03 Å². The molecule has 2 saturated heterocycles. The van der Waals surface area contributed by atoms with Crippen LogP contribution in [0.25, 0.3) is 0 Å². The summed E-state index contributed by atoms with van der Waals surface area (Å²) in [4.78, 5) is 26.9. The first-order chi connectivity index (χ1) is 11.5. The minimum atomic E-state index is -0.290. The number of rotatable bonds is 3. The molecule has 138 valence electrons. The van der Waals surface area contributed by atoms with Crippen LogP contribution in [0.4, 0.5) is 10.5 Å². The molecule has 0 saturated carbocycles. The predicted octanol–water partition coefficient (Wildman–Crippen LogP) is 2.60. The van der Waals surface area contributed by atoms with Crippen LogP contribution < -0.4 is 16.0 Å². The molecule has 6 nitrogen and oxygen atoms in total. The molecule has 25 heavy (non-hydrogen) atoms. The second kappa shape index (κ2) is 8.54. The molecule has 2 heterocycles. The fraction of sp³-hybridized carbons (Fsp3) is 0.556. The lowest BCUT2D eigenvalue weighted by molar-refractivity contribution is 0.0749. The zero-order valence-electron chi connectivity index (χ0n) is 14.7. The first-order valence-corrected chi connectivity index (χ1v) is 8.75. The van der Waals surface area contributed by atoms with Gasteiger partial charge in [0.2, 0.25) is 0 Å². The Labute approximate surface area is 155 Å². The van der Waals surface area contributed by atoms with Crippen molar-refractivity contribution in [3.8, 4) is 0 Å². The Hall–Kier alpha value is -1.79. The van der Waals surface area contributed by atoms with Crippen LogP contribution in [0.3, 0.4) is 0 Å². The Morgan fingerprint density at radius 3 is 2.64 bits per heavy atom. The number of benzene rings is 1. The SMILES string of the molecule is CC(C)NC(=O)Nc1ccccc1C(=O)N1CCC2CCC(C1)N2.Cl. The summed E-state index contributed by atoms with van der Waals surface area (Å²) in [5.74, 6) is -0.00945. The fourth-order valence-electron chi connectivity index (χ4n) is 3.50. The number of hydrogen-bond donors (Lipinski definition) is 3. The maximum Gasteiger partial charge on any atom is 0.319 e. The topological polar surface area (TPSA) is 73.5 Å². The highest BCUT2D eigenvalue weighted by atomic mass is 35.5. The lowest BCUT2D eigenvalue weighted by Gasteiger charge is -2.25. The number of carbonyl (C=O) groups excluding carboxylic acids is 2. The quantitative estimate of drug-likeness (QED) is 0.769. The van der Waals surface area contributed by atoms with Gasteiger partial charge in [-0.1, -0.05) is 12.1 Å². The van der Waals surface area contributed by atoms with Gasteiger partial charge in [0.15, 0.2) is 0 Å². The number of nitrogens with one attached hydrogen (secondary N) is 3. The normalized spacial score (nSPS) is 22.1. The van der Waals surface area contributed by atoms with E-state index in [4.69, 9.17) is 0 Å². The lowest BCUT2D eigenvalue weighted by Crippen LogP contribution is -2.40. The van der Waals surface area contributed by atoms with Crippen LogP contribution in [0, 0.1) is 0 Å². The number of para-hydroxylation sites is 1. The molecule has 0 radical (unpaired) electrons. The Kier molecular flexibility index (Phi) is 6.67. The summed E-state index contributed by atoms with van der Waals surface area (Å²) >= 11 is 0. The van der Waals surface area contributed by atoms with Crippen molar-refractivity contribution in [1.29, 1.82) is 0 Å². The Morgan fingerprint density at radius 2 is 1.88 bits per heavy atom. The second-order valence-corrected chi connectivity index (χ2v) is 6.98. The summed E-state index contributed by atoms with van der Waals surface area (Å²) in [5, 5.41) is 9.17. The lowest BCUT2D eigenvalue weighted by atomic mass is 10.1. The van der Waals surface area contributed by atoms with E-state index in [9.17, 15) is 9.59 Å². The molecule has 0 aliphatic carbocycles. The molecule has 2 aliphatic heterocycles. The van der Waals surface area contributed by atoms with Crippen LogP contribution in [0.2, 0.25) is 0 Å². The molecule has 7 heteroatoms. The number of urea groups is 1. The van der Waals surface area contributed by atoms with Crippen molar-refractivity contribution in [2.24, 2.45) is 0 Å². The van der Waals surface area contributed by atoms with E-state index in [-0.39, 0.29) is 30.4 Å². The molecular formula is C18H27ClN4O2. The van der Waals surface area contributed by atoms with E-state index < -0.39 is 0 Å². The second-order valence-electron chi connectivity index (χ2n) is 6.98. The first-order valence-electron chi connectivity index (χ1n) is 8.75. The standard InChI is InChI=1S/C18H26N4O2.ClH/c1-12(2)19-18(24)21-16-6-4-3-5-15(16)17(23)22-10-9-13-7-8-14(11-22)20-13;/h3-6,12-14,20H,7-11H2,1-2H3,(H2,19,21,24);1H. The maximum absolute atomic E-state index is 13.0. The van der Waals surface area contributed by atoms with Gasteiger partial charge in [0.25, 0.3) is 5.91 Å². The smallest absolute Gasteiger partial charge is 0.319 e. The van der Waals surface area contributed by atoms with E-state index >= 15 is 0 Å². The number of halogens is 1. The number of fused-ring (bicyclic) bond motifs is 2. The maximum atomic E-state index is 13.0. The molecule has 3 N–H and O–H groups in total. The van der Waals surface area contributed by atoms with Crippen molar-refractivity contribution in [2.45, 2.75) is 51.2 Å². The average Bonchev–Trinajstić information content (AvgIpc) is 2.85. The molecule has 0 spiro atoms. The van der Waals surface area contributed by atoms with Crippen LogP contribution in [0.15, 0.2) is 24.3 Å². The number of carbonyl (C=O) groups is 2. The van der Waals surface area contributed by atoms with E-state index in [2.05, 4.69) is 16.0 Å². The van der Waals surface area contributed by atoms with E-state index in [0.29, 0.717) is 23.3 Å². The van der Waals surface area contributed by atoms with E-state index in [0.717, 1.165) is 25.9 Å². The van der Waals surface area contributed by atoms with Gasteiger partial charge in [-0.2, -0.15) is 0 Å². The fourth-order valence-corrected chi connectivity index (χ4v) is 3.50. The minimum absolute atomic E-state index is 0. The molecule has 3 amide bonds. The molecule has 0 aromatic heterocycles. The van der Waals surface area contributed by atoms with Crippen LogP contribution in [0.5, 0.6) is 0 Å². The van der Waals surface area contributed by atoms with Crippen molar-refractivity contribution in [3.05, 3.63) is 29.8 Å². The van der Waals surface area contributed by atoms with Crippen molar-refractivity contribution in [1.82, 2.24) is 15.5 Å². The van der Waals surface area contributed by atoms with Crippen molar-refractivity contribution < 1.29 is 9.59 Å². The molecule has 2 bridgehead atoms. The first kappa shape index (κ1) is 19.5. The highest BCUT2D eigenvalue weighted by molar-refractivity contribution is 6.03. The highest BCUT2D eigenvalue weighted by Crippen LogP contribution is 2.23. The molecule has 3 rings (SSSR count). The van der Waals surface area contributed by atoms with Crippen LogP contribution >= 0.6 is 12.4 Å². The Morgan fingerprint density at radius 1 is 1.16 bits per heavy atom. The number of amides is 3. The summed E-state index contributed by atoms with van der Waals surface area (Å²) in [5.41, 5.74) is 1.11. The molecule has 2 aliphatic rings. The van der Waals surface area contributed by atoms with Crippen molar-refractivity contribution in [3.63, 3.8) is 0 Å². The Balaban J connectivity index is 0.00000225. The molecule has 2 unspecified atom stereocenters. The van der Waals surface area contributed by atoms with E-state index in [1.54, 1.807) is 12.1 Å². The highest BCUT2D eigenvalue weighted by Gasteiger charge is 2.32. The zero-order valence-corrected chi connectivity index (χ0v) is 15.6. The van der Waals surface area contributed by atoms with Gasteiger partial charge < -0.3 is 20.9 Å². The molecule has 1 aromatic rings. The molecule has 2 atom stereocenters. The summed E-state index contributed by atoms with van der Waals surface area (Å²) < 4.78 is 0. The van der Waals surface area contributed by atoms with Crippen molar-refractivity contribution >= 4 is 30.0 Å². The van der Waals surface area contributed by atoms with Gasteiger partial charge in [-0.05, 0) is 45.2 Å². The van der Waals surface area contributed by atoms with E-state index in [1.165, 1.54) is 6.42 Å². The van der Waals surface area contributed by atoms with Crippen LogP contribution in [-0.4, -0.2) is 48.1 Å². The summed E-state index contributed by atoms with van der Waals surface area (Å²) in [7, 11) is 0. The molecule has 1 aromatic carbocycles. The monoisotopic (exact) mass is 366 g/mol. The van der Waals surface area contributed by atoms with E-state index in [1.807, 2.05) is 30.9 Å². The van der Waals surface area contributed by atoms with Crippen molar-refractivity contribution in [2.75, 3.05) is 18.4 Å². The van der Waals surface area contributed by atoms with Gasteiger partial charge in [0.05, 0.1) is 11.3 Å². The summed E-state index contributed by atoms with van der Waals surface area (Å²) in [6, 6.07) is 7.90. The third-order valence-electron chi connectivity index (χ3n) is 4.64. The largest absolute Gasteiger partial charge is 0.337 e. The van der Waals surface area contributed by atoms with Gasteiger partial charge in [-0.25, -0.2) is 4.79 Å². The Bertz CT molecular complexity index is 623. The minimum Gasteiger partial charge on any atom is -0.337 e. The van der Waals surface area contributed by atoms with Crippen LogP contribution in [0.1, 0.15) is 43.5 Å². The van der Waals surface area contributed by atoms with Gasteiger partial charge in [0.1, 0.15) is 0 Å². The van der Waals surface area contributed by atoms with Crippen LogP contribution in [-0.2, 0) is 0 Å². The summed E-state index contributed by atoms with van der Waals surface area (Å²) in [6.07, 6.45) is 3.33. The number of anilines is 1. The third kappa shape index (κ3) is 4.86.